The van der Waals surface area contributed by atoms with Gasteiger partial charge in [0.15, 0.2) is 0 Å². The largest absolute Gasteiger partial charge is 0.468 e. The van der Waals surface area contributed by atoms with E-state index in [0.29, 0.717) is 0 Å². The van der Waals surface area contributed by atoms with Crippen LogP contribution >= 0.6 is 0 Å². The van der Waals surface area contributed by atoms with Crippen molar-refractivity contribution < 1.29 is 9.52 Å². The molecule has 0 saturated heterocycles. The van der Waals surface area contributed by atoms with Crippen molar-refractivity contribution in [3.8, 4) is 0 Å². The van der Waals surface area contributed by atoms with Crippen molar-refractivity contribution in [2.75, 3.05) is 6.61 Å². The lowest BCUT2D eigenvalue weighted by molar-refractivity contribution is 0.233. The van der Waals surface area contributed by atoms with Crippen molar-refractivity contribution in [1.82, 2.24) is 5.32 Å². The van der Waals surface area contributed by atoms with Crippen LogP contribution in [0.4, 0.5) is 0 Å². The normalized spacial score (nSPS) is 15.6. The van der Waals surface area contributed by atoms with Gasteiger partial charge < -0.3 is 14.8 Å². The first-order chi connectivity index (χ1) is 6.27. The van der Waals surface area contributed by atoms with Crippen LogP contribution in [0.15, 0.2) is 22.8 Å². The number of aliphatic hydroxyl groups excluding tert-OH is 1. The molecule has 0 amide bonds. The molecule has 0 spiro atoms. The first-order valence-corrected chi connectivity index (χ1v) is 4.68. The molecule has 2 atom stereocenters. The molecule has 3 nitrogen and oxygen atoms in total. The van der Waals surface area contributed by atoms with E-state index in [1.807, 2.05) is 19.1 Å². The van der Waals surface area contributed by atoms with E-state index in [4.69, 9.17) is 9.52 Å². The molecule has 0 radical (unpaired) electrons. The van der Waals surface area contributed by atoms with Gasteiger partial charge in [-0.25, -0.2) is 0 Å². The second kappa shape index (κ2) is 5.04. The van der Waals surface area contributed by atoms with E-state index in [2.05, 4.69) is 12.2 Å². The zero-order valence-electron chi connectivity index (χ0n) is 8.16. The summed E-state index contributed by atoms with van der Waals surface area (Å²) in [6, 6.07) is 4.14. The number of furan rings is 1. The molecule has 0 saturated carbocycles. The molecule has 13 heavy (non-hydrogen) atoms. The van der Waals surface area contributed by atoms with Crippen molar-refractivity contribution in [3.05, 3.63) is 24.2 Å². The SMILES string of the molecule is CCC(NC(C)CO)c1ccco1. The van der Waals surface area contributed by atoms with Gasteiger partial charge in [0.25, 0.3) is 0 Å². The quantitative estimate of drug-likeness (QED) is 0.730. The third kappa shape index (κ3) is 2.86. The minimum absolute atomic E-state index is 0.107. The van der Waals surface area contributed by atoms with Crippen LogP contribution in [0.25, 0.3) is 0 Å². The van der Waals surface area contributed by atoms with E-state index >= 15 is 0 Å². The Labute approximate surface area is 78.8 Å². The smallest absolute Gasteiger partial charge is 0.120 e. The predicted octanol–water partition coefficient (Wildman–Crippen LogP) is 1.70. The van der Waals surface area contributed by atoms with Gasteiger partial charge in [-0.2, -0.15) is 0 Å². The molecular formula is C10H17NO2. The summed E-state index contributed by atoms with van der Waals surface area (Å²) in [5.41, 5.74) is 0. The number of hydrogen-bond acceptors (Lipinski definition) is 3. The highest BCUT2D eigenvalue weighted by atomic mass is 16.3. The van der Waals surface area contributed by atoms with Crippen LogP contribution in [-0.2, 0) is 0 Å². The molecule has 74 valence electrons. The Bertz CT molecular complexity index is 221. The van der Waals surface area contributed by atoms with Gasteiger partial charge in [-0.05, 0) is 25.5 Å². The van der Waals surface area contributed by atoms with E-state index in [1.165, 1.54) is 0 Å². The number of nitrogens with one attached hydrogen (secondary N) is 1. The summed E-state index contributed by atoms with van der Waals surface area (Å²) in [6.07, 6.45) is 2.63. The van der Waals surface area contributed by atoms with E-state index < -0.39 is 0 Å². The van der Waals surface area contributed by atoms with Crippen molar-refractivity contribution in [3.63, 3.8) is 0 Å². The third-order valence-corrected chi connectivity index (χ3v) is 2.05. The number of rotatable bonds is 5. The highest BCUT2D eigenvalue weighted by Crippen LogP contribution is 2.17. The fourth-order valence-electron chi connectivity index (χ4n) is 1.29. The summed E-state index contributed by atoms with van der Waals surface area (Å²) in [5, 5.41) is 12.2. The summed E-state index contributed by atoms with van der Waals surface area (Å²) >= 11 is 0. The summed E-state index contributed by atoms with van der Waals surface area (Å²) in [4.78, 5) is 0. The molecule has 2 N–H and O–H groups in total. The molecule has 1 rings (SSSR count). The maximum absolute atomic E-state index is 8.88. The fourth-order valence-corrected chi connectivity index (χ4v) is 1.29. The number of hydrogen-bond donors (Lipinski definition) is 2. The second-order valence-electron chi connectivity index (χ2n) is 3.23. The van der Waals surface area contributed by atoms with Crippen LogP contribution in [0.5, 0.6) is 0 Å². The summed E-state index contributed by atoms with van der Waals surface area (Å²) in [7, 11) is 0. The summed E-state index contributed by atoms with van der Waals surface area (Å²) in [5.74, 6) is 0.933. The minimum Gasteiger partial charge on any atom is -0.468 e. The zero-order chi connectivity index (χ0) is 9.68. The molecule has 0 fully saturated rings. The van der Waals surface area contributed by atoms with Gasteiger partial charge in [-0.15, -0.1) is 0 Å². The fraction of sp³-hybridized carbons (Fsp3) is 0.600. The van der Waals surface area contributed by atoms with Crippen molar-refractivity contribution >= 4 is 0 Å². The van der Waals surface area contributed by atoms with Crippen LogP contribution in [-0.4, -0.2) is 17.8 Å². The lowest BCUT2D eigenvalue weighted by atomic mass is 10.1. The maximum atomic E-state index is 8.88. The predicted molar refractivity (Wildman–Crippen MR) is 51.4 cm³/mol. The summed E-state index contributed by atoms with van der Waals surface area (Å²) in [6.45, 7) is 4.19. The Morgan fingerprint density at radius 3 is 2.85 bits per heavy atom. The first kappa shape index (κ1) is 10.3. The van der Waals surface area contributed by atoms with Gasteiger partial charge in [-0.1, -0.05) is 6.92 Å². The number of aliphatic hydroxyl groups is 1. The van der Waals surface area contributed by atoms with Gasteiger partial charge in [0.05, 0.1) is 18.9 Å². The minimum atomic E-state index is 0.107. The standard InChI is InChI=1S/C10H17NO2/c1-3-9(11-8(2)7-12)10-5-4-6-13-10/h4-6,8-9,11-12H,3,7H2,1-2H3. The molecule has 1 heterocycles. The van der Waals surface area contributed by atoms with Crippen LogP contribution in [0, 0.1) is 0 Å². The molecule has 0 aliphatic carbocycles. The Hall–Kier alpha value is -0.800. The average molecular weight is 183 g/mol. The molecule has 0 aliphatic rings. The highest BCUT2D eigenvalue weighted by Gasteiger charge is 2.13. The maximum Gasteiger partial charge on any atom is 0.120 e. The average Bonchev–Trinajstić information content (AvgIpc) is 2.66. The monoisotopic (exact) mass is 183 g/mol. The molecule has 0 aliphatic heterocycles. The topological polar surface area (TPSA) is 45.4 Å². The van der Waals surface area contributed by atoms with Crippen LogP contribution < -0.4 is 5.32 Å². The van der Waals surface area contributed by atoms with Crippen LogP contribution in [0.2, 0.25) is 0 Å². The third-order valence-electron chi connectivity index (χ3n) is 2.05. The molecule has 3 heteroatoms. The van der Waals surface area contributed by atoms with E-state index in [-0.39, 0.29) is 18.7 Å². The zero-order valence-corrected chi connectivity index (χ0v) is 8.16. The highest BCUT2D eigenvalue weighted by molar-refractivity contribution is 5.04. The van der Waals surface area contributed by atoms with Gasteiger partial charge >= 0.3 is 0 Å². The molecule has 0 bridgehead atoms. The Morgan fingerprint density at radius 2 is 2.38 bits per heavy atom. The lowest BCUT2D eigenvalue weighted by Crippen LogP contribution is -2.32. The second-order valence-corrected chi connectivity index (χ2v) is 3.23. The summed E-state index contributed by atoms with van der Waals surface area (Å²) < 4.78 is 5.29. The Balaban J connectivity index is 2.53. The van der Waals surface area contributed by atoms with Gasteiger partial charge in [0.1, 0.15) is 5.76 Å². The molecule has 0 aromatic carbocycles. The van der Waals surface area contributed by atoms with Crippen LogP contribution in [0.3, 0.4) is 0 Å². The van der Waals surface area contributed by atoms with Gasteiger partial charge in [0, 0.05) is 6.04 Å². The Morgan fingerprint density at radius 1 is 1.62 bits per heavy atom. The van der Waals surface area contributed by atoms with E-state index in [0.717, 1.165) is 12.2 Å². The first-order valence-electron chi connectivity index (χ1n) is 4.68. The molecule has 1 aromatic rings. The van der Waals surface area contributed by atoms with Crippen molar-refractivity contribution in [1.29, 1.82) is 0 Å². The van der Waals surface area contributed by atoms with Gasteiger partial charge in [-0.3, -0.25) is 0 Å². The van der Waals surface area contributed by atoms with E-state index in [9.17, 15) is 0 Å². The molecular weight excluding hydrogens is 166 g/mol. The molecule has 2 unspecified atom stereocenters. The Kier molecular flexibility index (Phi) is 3.99. The van der Waals surface area contributed by atoms with Crippen molar-refractivity contribution in [2.45, 2.75) is 32.4 Å². The van der Waals surface area contributed by atoms with Gasteiger partial charge in [0.2, 0.25) is 0 Å². The van der Waals surface area contributed by atoms with Crippen LogP contribution in [0.1, 0.15) is 32.1 Å². The molecule has 1 aromatic heterocycles. The lowest BCUT2D eigenvalue weighted by Gasteiger charge is -2.18. The van der Waals surface area contributed by atoms with E-state index in [1.54, 1.807) is 6.26 Å². The van der Waals surface area contributed by atoms with Crippen molar-refractivity contribution in [2.24, 2.45) is 0 Å².